The molecule has 0 saturated carbocycles. The van der Waals surface area contributed by atoms with Crippen LogP contribution in [0.5, 0.6) is 0 Å². The molecule has 0 saturated heterocycles. The molecular weight excluding hydrogens is 372 g/mol. The third-order valence-electron chi connectivity index (χ3n) is 3.36. The van der Waals surface area contributed by atoms with Crippen molar-refractivity contribution >= 4 is 40.3 Å². The van der Waals surface area contributed by atoms with Gasteiger partial charge < -0.3 is 5.32 Å². The van der Waals surface area contributed by atoms with E-state index in [2.05, 4.69) is 5.32 Å². The molecule has 26 heavy (non-hydrogen) atoms. The van der Waals surface area contributed by atoms with Gasteiger partial charge in [0.15, 0.2) is 0 Å². The Balaban J connectivity index is 2.45. The molecule has 0 bridgehead atoms. The minimum Gasteiger partial charge on any atom is -0.322 e. The Hall–Kier alpha value is -3.60. The number of nitrogens with zero attached hydrogens (tertiary/aromatic N) is 3. The van der Waals surface area contributed by atoms with E-state index >= 15 is 0 Å². The number of hydrogen-bond acceptors (Lipinski definition) is 7. The van der Waals surface area contributed by atoms with Gasteiger partial charge in [-0.25, -0.2) is 0 Å². The van der Waals surface area contributed by atoms with E-state index in [-0.39, 0.29) is 11.4 Å². The van der Waals surface area contributed by atoms with E-state index in [9.17, 15) is 35.1 Å². The number of halogens is 1. The summed E-state index contributed by atoms with van der Waals surface area (Å²) in [5.74, 6) is -0.932. The van der Waals surface area contributed by atoms with Crippen LogP contribution >= 0.6 is 11.6 Å². The van der Waals surface area contributed by atoms with Crippen molar-refractivity contribution in [2.24, 2.45) is 0 Å². The van der Waals surface area contributed by atoms with Crippen LogP contribution in [-0.2, 0) is 0 Å². The molecular formula is C14H9ClN4O7. The lowest BCUT2D eigenvalue weighted by Gasteiger charge is -2.09. The predicted molar refractivity (Wildman–Crippen MR) is 90.5 cm³/mol. The summed E-state index contributed by atoms with van der Waals surface area (Å²) in [4.78, 5) is 42.6. The average Bonchev–Trinajstić information content (AvgIpc) is 2.55. The van der Waals surface area contributed by atoms with Gasteiger partial charge in [0.1, 0.15) is 5.02 Å². The Morgan fingerprint density at radius 2 is 1.58 bits per heavy atom. The molecule has 2 rings (SSSR count). The smallest absolute Gasteiger partial charge is 0.295 e. The third kappa shape index (κ3) is 3.72. The zero-order valence-corrected chi connectivity index (χ0v) is 13.7. The molecule has 1 N–H and O–H groups in total. The Bertz CT molecular complexity index is 961. The van der Waals surface area contributed by atoms with Gasteiger partial charge in [-0.2, -0.15) is 0 Å². The summed E-state index contributed by atoms with van der Waals surface area (Å²) < 4.78 is 0. The molecule has 0 aromatic heterocycles. The number of carbonyl (C=O) groups excluding carboxylic acids is 1. The number of carbonyl (C=O) groups is 1. The van der Waals surface area contributed by atoms with Gasteiger partial charge in [0, 0.05) is 23.9 Å². The van der Waals surface area contributed by atoms with Gasteiger partial charge in [-0.1, -0.05) is 11.6 Å². The maximum Gasteiger partial charge on any atom is 0.295 e. The molecule has 0 aliphatic carbocycles. The molecule has 0 aliphatic heterocycles. The topological polar surface area (TPSA) is 159 Å². The summed E-state index contributed by atoms with van der Waals surface area (Å²) in [6.45, 7) is 1.50. The van der Waals surface area contributed by atoms with Crippen LogP contribution in [0.2, 0.25) is 5.02 Å². The molecule has 134 valence electrons. The molecule has 0 spiro atoms. The normalized spacial score (nSPS) is 10.2. The van der Waals surface area contributed by atoms with Gasteiger partial charge >= 0.3 is 0 Å². The number of nitrogens with one attached hydrogen (secondary N) is 1. The van der Waals surface area contributed by atoms with Crippen molar-refractivity contribution in [3.63, 3.8) is 0 Å². The van der Waals surface area contributed by atoms with Crippen molar-refractivity contribution in [1.82, 2.24) is 0 Å². The van der Waals surface area contributed by atoms with Crippen LogP contribution in [0, 0.1) is 37.3 Å². The molecule has 0 aliphatic rings. The van der Waals surface area contributed by atoms with Gasteiger partial charge in [-0.3, -0.25) is 35.1 Å². The Morgan fingerprint density at radius 1 is 0.962 bits per heavy atom. The predicted octanol–water partition coefficient (Wildman–Crippen LogP) is 3.63. The number of nitro groups is 3. The summed E-state index contributed by atoms with van der Waals surface area (Å²) in [7, 11) is 0. The van der Waals surface area contributed by atoms with Crippen molar-refractivity contribution in [1.29, 1.82) is 0 Å². The Morgan fingerprint density at radius 3 is 2.08 bits per heavy atom. The summed E-state index contributed by atoms with van der Waals surface area (Å²) in [5.41, 5.74) is -1.58. The van der Waals surface area contributed by atoms with Crippen LogP contribution in [0.1, 0.15) is 15.9 Å². The highest BCUT2D eigenvalue weighted by molar-refractivity contribution is 6.36. The van der Waals surface area contributed by atoms with E-state index in [1.807, 2.05) is 0 Å². The Labute approximate surface area is 149 Å². The number of amides is 1. The van der Waals surface area contributed by atoms with Crippen LogP contribution in [-0.4, -0.2) is 20.7 Å². The number of benzene rings is 2. The van der Waals surface area contributed by atoms with E-state index in [0.717, 1.165) is 12.1 Å². The molecule has 0 atom stereocenters. The molecule has 11 nitrogen and oxygen atoms in total. The molecule has 0 unspecified atom stereocenters. The minimum absolute atomic E-state index is 0.186. The molecule has 1 amide bonds. The number of hydrogen-bond donors (Lipinski definition) is 1. The monoisotopic (exact) mass is 380 g/mol. The van der Waals surface area contributed by atoms with Crippen LogP contribution < -0.4 is 5.32 Å². The highest BCUT2D eigenvalue weighted by Gasteiger charge is 2.26. The van der Waals surface area contributed by atoms with Crippen LogP contribution in [0.15, 0.2) is 30.3 Å². The molecule has 12 heteroatoms. The second-order valence-corrected chi connectivity index (χ2v) is 5.43. The molecule has 0 heterocycles. The molecule has 0 radical (unpaired) electrons. The largest absolute Gasteiger partial charge is 0.322 e. The van der Waals surface area contributed by atoms with Gasteiger partial charge in [0.05, 0.1) is 26.4 Å². The van der Waals surface area contributed by atoms with E-state index < -0.39 is 42.6 Å². The maximum atomic E-state index is 12.4. The summed E-state index contributed by atoms with van der Waals surface area (Å²) in [6, 6.07) is 5.10. The maximum absolute atomic E-state index is 12.4. The van der Waals surface area contributed by atoms with E-state index in [0.29, 0.717) is 11.6 Å². The second kappa shape index (κ2) is 7.11. The van der Waals surface area contributed by atoms with Crippen molar-refractivity contribution < 1.29 is 19.6 Å². The van der Waals surface area contributed by atoms with Crippen molar-refractivity contribution in [2.75, 3.05) is 5.32 Å². The summed E-state index contributed by atoms with van der Waals surface area (Å²) in [6.07, 6.45) is 0. The molecule has 2 aromatic rings. The van der Waals surface area contributed by atoms with Crippen molar-refractivity contribution in [2.45, 2.75) is 6.92 Å². The second-order valence-electron chi connectivity index (χ2n) is 5.05. The fourth-order valence-corrected chi connectivity index (χ4v) is 2.35. The van der Waals surface area contributed by atoms with Gasteiger partial charge in [-0.15, -0.1) is 0 Å². The standard InChI is InChI=1S/C14H9ClN4O7/c1-7-4-8(17(21)22)2-3-11(7)16-14(20)10-5-9(18(23)24)6-12(13(10)15)19(25)26/h2-6H,1H3,(H,16,20). The lowest BCUT2D eigenvalue weighted by atomic mass is 10.1. The third-order valence-corrected chi connectivity index (χ3v) is 3.76. The van der Waals surface area contributed by atoms with E-state index in [1.165, 1.54) is 19.1 Å². The molecule has 0 fully saturated rings. The van der Waals surface area contributed by atoms with Crippen LogP contribution in [0.3, 0.4) is 0 Å². The lowest BCUT2D eigenvalue weighted by Crippen LogP contribution is -2.14. The fourth-order valence-electron chi connectivity index (χ4n) is 2.09. The SMILES string of the molecule is Cc1cc([N+](=O)[O-])ccc1NC(=O)c1cc([N+](=O)[O-])cc([N+](=O)[O-])c1Cl. The highest BCUT2D eigenvalue weighted by Crippen LogP contribution is 2.33. The lowest BCUT2D eigenvalue weighted by molar-refractivity contribution is -0.394. The van der Waals surface area contributed by atoms with Crippen molar-refractivity contribution in [3.05, 3.63) is 76.8 Å². The van der Waals surface area contributed by atoms with E-state index in [1.54, 1.807) is 0 Å². The van der Waals surface area contributed by atoms with Gasteiger partial charge in [0.25, 0.3) is 23.0 Å². The number of rotatable bonds is 5. The number of anilines is 1. The van der Waals surface area contributed by atoms with Gasteiger partial charge in [0.2, 0.25) is 0 Å². The van der Waals surface area contributed by atoms with Crippen LogP contribution in [0.4, 0.5) is 22.7 Å². The number of nitro benzene ring substituents is 3. The number of aryl methyl sites for hydroxylation is 1. The number of non-ortho nitro benzene ring substituents is 2. The fraction of sp³-hybridized carbons (Fsp3) is 0.0714. The summed E-state index contributed by atoms with van der Waals surface area (Å²) >= 11 is 5.83. The molecule has 2 aromatic carbocycles. The zero-order chi connectivity index (χ0) is 19.6. The Kier molecular flexibility index (Phi) is 5.12. The van der Waals surface area contributed by atoms with E-state index in [4.69, 9.17) is 11.6 Å². The first-order chi connectivity index (χ1) is 12.1. The average molecular weight is 381 g/mol. The first-order valence-electron chi connectivity index (χ1n) is 6.80. The zero-order valence-electron chi connectivity index (χ0n) is 13.0. The van der Waals surface area contributed by atoms with Crippen molar-refractivity contribution in [3.8, 4) is 0 Å². The quantitative estimate of drug-likeness (QED) is 0.612. The highest BCUT2D eigenvalue weighted by atomic mass is 35.5. The minimum atomic E-state index is -0.941. The summed E-state index contributed by atoms with van der Waals surface area (Å²) in [5, 5.41) is 34.5. The van der Waals surface area contributed by atoms with Crippen LogP contribution in [0.25, 0.3) is 0 Å². The first-order valence-corrected chi connectivity index (χ1v) is 7.18. The van der Waals surface area contributed by atoms with Gasteiger partial charge in [-0.05, 0) is 18.6 Å². The first kappa shape index (κ1) is 18.7.